The first-order valence-electron chi connectivity index (χ1n) is 18.7. The van der Waals surface area contributed by atoms with Crippen LogP contribution in [0.25, 0.3) is 27.5 Å². The van der Waals surface area contributed by atoms with E-state index in [-0.39, 0.29) is 23.6 Å². The summed E-state index contributed by atoms with van der Waals surface area (Å²) in [6.45, 7) is 3.28. The number of imide groups is 1. The highest BCUT2D eigenvalue weighted by molar-refractivity contribution is 6.08. The molecule has 9 rings (SSSR count). The number of hydrogen-bond donors (Lipinski definition) is 2. The monoisotopic (exact) mass is 713 g/mol. The minimum absolute atomic E-state index is 0.179. The molecule has 2 saturated heterocycles. The lowest BCUT2D eigenvalue weighted by Gasteiger charge is -2.37. The second-order valence-corrected chi connectivity index (χ2v) is 14.8. The highest BCUT2D eigenvalue weighted by Crippen LogP contribution is 2.37. The van der Waals surface area contributed by atoms with Gasteiger partial charge in [-0.2, -0.15) is 14.7 Å². The molecule has 0 radical (unpaired) electrons. The normalized spacial score (nSPS) is 21.7. The number of aromatic nitrogens is 6. The molecule has 3 fully saturated rings. The summed E-state index contributed by atoms with van der Waals surface area (Å²) in [7, 11) is 1.57. The van der Waals surface area contributed by atoms with Crippen molar-refractivity contribution in [2.24, 2.45) is 5.92 Å². The number of fused-ring (bicyclic) bond motifs is 3. The number of methoxy groups -OCH3 is 1. The summed E-state index contributed by atoms with van der Waals surface area (Å²) in [5, 5.41) is 16.7. The summed E-state index contributed by atoms with van der Waals surface area (Å²) in [6.07, 6.45) is 15.1. The molecule has 1 atom stereocenters. The van der Waals surface area contributed by atoms with Crippen LogP contribution in [0.1, 0.15) is 85.3 Å². The van der Waals surface area contributed by atoms with E-state index < -0.39 is 0 Å². The van der Waals surface area contributed by atoms with Crippen LogP contribution in [0.4, 0.5) is 5.82 Å². The zero-order valence-corrected chi connectivity index (χ0v) is 29.8. The highest BCUT2D eigenvalue weighted by atomic mass is 16.5. The topological polar surface area (TPSA) is 141 Å². The molecule has 3 aliphatic rings. The minimum atomic E-state index is -0.297. The summed E-state index contributed by atoms with van der Waals surface area (Å²) < 4.78 is 11.7. The Hall–Kier alpha value is -5.56. The third-order valence-electron chi connectivity index (χ3n) is 11.7. The average Bonchev–Trinajstić information content (AvgIpc) is 3.92. The molecule has 0 spiro atoms. The molecule has 1 saturated carbocycles. The smallest absolute Gasteiger partial charge is 0.260 e. The molecule has 3 amide bonds. The fourth-order valence-electron chi connectivity index (χ4n) is 8.87. The number of piperidine rings is 2. The minimum Gasteiger partial charge on any atom is -0.496 e. The zero-order valence-electron chi connectivity index (χ0n) is 29.8. The summed E-state index contributed by atoms with van der Waals surface area (Å²) in [5.41, 5.74) is 4.08. The van der Waals surface area contributed by atoms with Crippen LogP contribution in [0.5, 0.6) is 5.75 Å². The van der Waals surface area contributed by atoms with E-state index in [1.807, 2.05) is 30.3 Å². The highest BCUT2D eigenvalue weighted by Gasteiger charge is 2.31. The summed E-state index contributed by atoms with van der Waals surface area (Å²) in [4.78, 5) is 44.7. The number of ether oxygens (including phenoxy) is 1. The summed E-state index contributed by atoms with van der Waals surface area (Å²) in [6, 6.07) is 16.5. The van der Waals surface area contributed by atoms with Gasteiger partial charge in [0.05, 0.1) is 36.3 Å². The second kappa shape index (κ2) is 13.8. The number of nitrogens with zero attached hydrogens (tertiary/aromatic N) is 7. The lowest BCUT2D eigenvalue weighted by molar-refractivity contribution is -0.134. The van der Waals surface area contributed by atoms with Gasteiger partial charge in [0.2, 0.25) is 11.8 Å². The Morgan fingerprint density at radius 2 is 1.83 bits per heavy atom. The first-order valence-corrected chi connectivity index (χ1v) is 18.7. The third kappa shape index (κ3) is 6.32. The van der Waals surface area contributed by atoms with Gasteiger partial charge < -0.3 is 19.5 Å². The molecule has 0 bridgehead atoms. The van der Waals surface area contributed by atoms with Crippen molar-refractivity contribution in [3.63, 3.8) is 0 Å². The Balaban J connectivity index is 0.803. The number of amides is 3. The predicted octanol–water partition coefficient (Wildman–Crippen LogP) is 5.88. The number of rotatable bonds is 8. The molecule has 2 N–H and O–H groups in total. The van der Waals surface area contributed by atoms with Gasteiger partial charge in [-0.05, 0) is 86.8 Å². The fraction of sp³-hybridized carbons (Fsp3) is 0.400. The van der Waals surface area contributed by atoms with Crippen LogP contribution in [0.3, 0.4) is 0 Å². The number of anilines is 1. The van der Waals surface area contributed by atoms with E-state index in [0.717, 1.165) is 80.0 Å². The van der Waals surface area contributed by atoms with Gasteiger partial charge in [-0.3, -0.25) is 24.4 Å². The van der Waals surface area contributed by atoms with E-state index in [1.165, 1.54) is 5.52 Å². The first-order chi connectivity index (χ1) is 25.9. The van der Waals surface area contributed by atoms with Gasteiger partial charge in [0.25, 0.3) is 5.91 Å². The molecule has 6 aromatic rings. The van der Waals surface area contributed by atoms with E-state index in [9.17, 15) is 14.4 Å². The SMILES string of the molecule is COc1cc2nn(C3CCC(CN4CCC(n5ccc6c(C7CCC(=O)NC7=O)cccc65)CC4)CC3)cc2cc1C(=O)Nc1cnc2cccnn12. The lowest BCUT2D eigenvalue weighted by Crippen LogP contribution is -2.39. The Morgan fingerprint density at radius 3 is 2.64 bits per heavy atom. The summed E-state index contributed by atoms with van der Waals surface area (Å²) in [5.74, 6) is 0.686. The van der Waals surface area contributed by atoms with Crippen molar-refractivity contribution in [1.82, 2.24) is 39.2 Å². The molecule has 13 nitrogen and oxygen atoms in total. The number of benzene rings is 2. The van der Waals surface area contributed by atoms with Crippen LogP contribution >= 0.6 is 0 Å². The fourth-order valence-corrected chi connectivity index (χ4v) is 8.87. The number of hydrogen-bond acceptors (Lipinski definition) is 8. The van der Waals surface area contributed by atoms with Gasteiger partial charge in [-0.1, -0.05) is 12.1 Å². The molecule has 4 aromatic heterocycles. The maximum absolute atomic E-state index is 13.4. The van der Waals surface area contributed by atoms with E-state index in [4.69, 9.17) is 9.84 Å². The number of nitrogens with one attached hydrogen (secondary N) is 2. The van der Waals surface area contributed by atoms with Crippen LogP contribution in [0.15, 0.2) is 73.3 Å². The molecule has 53 heavy (non-hydrogen) atoms. The van der Waals surface area contributed by atoms with E-state index in [2.05, 4.69) is 59.4 Å². The molecule has 2 aromatic carbocycles. The molecule has 1 aliphatic carbocycles. The van der Waals surface area contributed by atoms with Crippen molar-refractivity contribution in [2.45, 2.75) is 69.4 Å². The van der Waals surface area contributed by atoms with E-state index in [1.54, 1.807) is 30.1 Å². The molecule has 2 aliphatic heterocycles. The van der Waals surface area contributed by atoms with Gasteiger partial charge in [-0.15, -0.1) is 0 Å². The average molecular weight is 714 g/mol. The van der Waals surface area contributed by atoms with Crippen LogP contribution < -0.4 is 15.4 Å². The van der Waals surface area contributed by atoms with E-state index >= 15 is 0 Å². The largest absolute Gasteiger partial charge is 0.496 e. The summed E-state index contributed by atoms with van der Waals surface area (Å²) >= 11 is 0. The first kappa shape index (κ1) is 33.3. The van der Waals surface area contributed by atoms with Gasteiger partial charge in [0.1, 0.15) is 5.75 Å². The van der Waals surface area contributed by atoms with Crippen LogP contribution in [-0.2, 0) is 9.59 Å². The predicted molar refractivity (Wildman–Crippen MR) is 200 cm³/mol. The number of carbonyl (C=O) groups is 3. The van der Waals surface area contributed by atoms with Crippen molar-refractivity contribution >= 4 is 51.0 Å². The van der Waals surface area contributed by atoms with Crippen LogP contribution in [0.2, 0.25) is 0 Å². The van der Waals surface area contributed by atoms with Crippen molar-refractivity contribution in [3.05, 3.63) is 84.4 Å². The quantitative estimate of drug-likeness (QED) is 0.186. The second-order valence-electron chi connectivity index (χ2n) is 14.8. The van der Waals surface area contributed by atoms with Gasteiger partial charge >= 0.3 is 0 Å². The van der Waals surface area contributed by atoms with Crippen LogP contribution in [-0.4, -0.2) is 78.3 Å². The van der Waals surface area contributed by atoms with Crippen molar-refractivity contribution < 1.29 is 19.1 Å². The van der Waals surface area contributed by atoms with Crippen molar-refractivity contribution in [3.8, 4) is 5.75 Å². The maximum Gasteiger partial charge on any atom is 0.260 e. The van der Waals surface area contributed by atoms with Crippen molar-refractivity contribution in [1.29, 1.82) is 0 Å². The molecule has 1 unspecified atom stereocenters. The zero-order chi connectivity index (χ0) is 36.1. The molecular weight excluding hydrogens is 670 g/mol. The van der Waals surface area contributed by atoms with E-state index in [0.29, 0.717) is 53.6 Å². The van der Waals surface area contributed by atoms with Crippen molar-refractivity contribution in [2.75, 3.05) is 32.1 Å². The Bertz CT molecular complexity index is 2340. The molecule has 13 heteroatoms. The van der Waals surface area contributed by atoms with Gasteiger partial charge in [0.15, 0.2) is 11.5 Å². The molecular formula is C40H43N9O4. The number of carbonyl (C=O) groups excluding carboxylic acids is 3. The van der Waals surface area contributed by atoms with Crippen LogP contribution in [0, 0.1) is 5.92 Å². The number of imidazole rings is 1. The third-order valence-corrected chi connectivity index (χ3v) is 11.7. The maximum atomic E-state index is 13.4. The van der Waals surface area contributed by atoms with Gasteiger partial charge in [0, 0.05) is 73.0 Å². The standard InChI is InChI=1S/C40H43N9O4/c1-53-35-21-33-26(20-32(35)40(52)43-37-22-41-36-6-3-16-42-49(36)37)24-48(45-33)28-9-7-25(8-10-28)23-46-17-13-27(14-18-46)47-19-15-30-29(4-2-5-34(30)47)31-11-12-38(50)44-39(31)51/h2-6,15-16,19-22,24-25,27-28,31H,7-14,17-18,23H2,1H3,(H,43,52)(H,44,50,51). The Labute approximate surface area is 306 Å². The molecule has 6 heterocycles. The molecule has 272 valence electrons. The Kier molecular flexibility index (Phi) is 8.65. The van der Waals surface area contributed by atoms with Gasteiger partial charge in [-0.25, -0.2) is 4.98 Å². The lowest BCUT2D eigenvalue weighted by atomic mass is 9.85. The number of likely N-dealkylation sites (tertiary alicyclic amines) is 1. The Morgan fingerprint density at radius 1 is 0.981 bits per heavy atom.